The van der Waals surface area contributed by atoms with E-state index >= 15 is 0 Å². The van der Waals surface area contributed by atoms with E-state index in [2.05, 4.69) is 5.32 Å². The summed E-state index contributed by atoms with van der Waals surface area (Å²) in [6, 6.07) is 7.40. The smallest absolute Gasteiger partial charge is 0.256 e. The van der Waals surface area contributed by atoms with Gasteiger partial charge >= 0.3 is 0 Å². The Balaban J connectivity index is 2.69. The molecule has 98 valence electrons. The summed E-state index contributed by atoms with van der Waals surface area (Å²) in [6.07, 6.45) is 0.563. The average Bonchev–Trinajstić information content (AvgIpc) is 2.31. The Morgan fingerprint density at radius 2 is 1.94 bits per heavy atom. The summed E-state index contributed by atoms with van der Waals surface area (Å²) < 4.78 is 5.10. The maximum Gasteiger partial charge on any atom is 0.256 e. The summed E-state index contributed by atoms with van der Waals surface area (Å²) in [5, 5.41) is 2.79. The Bertz CT molecular complexity index is 441. The Morgan fingerprint density at radius 1 is 1.39 bits per heavy atom. The molecular formula is C13H18N2O2S. The standard InChI is InChI=1S/C13H18N2O2S/c1-13(2,17-3)12(16)15-10-6-4-9(5-7-10)8-11(14)18/h4-7H,8H2,1-3H3,(H2,14,18)(H,15,16). The second kappa shape index (κ2) is 5.93. The molecule has 0 aliphatic heterocycles. The third kappa shape index (κ3) is 4.09. The molecule has 1 rings (SSSR count). The lowest BCUT2D eigenvalue weighted by Crippen LogP contribution is -2.38. The number of carbonyl (C=O) groups is 1. The van der Waals surface area contributed by atoms with Crippen molar-refractivity contribution in [3.63, 3.8) is 0 Å². The Hall–Kier alpha value is -1.46. The molecule has 18 heavy (non-hydrogen) atoms. The molecule has 0 spiro atoms. The lowest BCUT2D eigenvalue weighted by molar-refractivity contribution is -0.133. The third-order valence-electron chi connectivity index (χ3n) is 2.65. The number of rotatable bonds is 5. The van der Waals surface area contributed by atoms with Crippen molar-refractivity contribution in [1.29, 1.82) is 0 Å². The van der Waals surface area contributed by atoms with E-state index in [-0.39, 0.29) is 5.91 Å². The van der Waals surface area contributed by atoms with Gasteiger partial charge in [0.05, 0.1) is 4.99 Å². The van der Waals surface area contributed by atoms with E-state index in [1.54, 1.807) is 13.8 Å². The minimum absolute atomic E-state index is 0.188. The lowest BCUT2D eigenvalue weighted by Gasteiger charge is -2.21. The fraction of sp³-hybridized carbons (Fsp3) is 0.385. The van der Waals surface area contributed by atoms with Gasteiger partial charge < -0.3 is 15.8 Å². The Kier molecular flexibility index (Phi) is 4.81. The second-order valence-electron chi connectivity index (χ2n) is 4.51. The molecule has 0 atom stereocenters. The SMILES string of the molecule is COC(C)(C)C(=O)Nc1ccc(CC(N)=S)cc1. The highest BCUT2D eigenvalue weighted by Gasteiger charge is 2.26. The average molecular weight is 266 g/mol. The van der Waals surface area contributed by atoms with Crippen LogP contribution in [-0.2, 0) is 16.0 Å². The number of ether oxygens (including phenoxy) is 1. The van der Waals surface area contributed by atoms with Gasteiger partial charge in [-0.25, -0.2) is 0 Å². The molecule has 3 N–H and O–H groups in total. The molecule has 1 amide bonds. The highest BCUT2D eigenvalue weighted by molar-refractivity contribution is 7.80. The summed E-state index contributed by atoms with van der Waals surface area (Å²) >= 11 is 4.84. The molecule has 0 heterocycles. The Morgan fingerprint density at radius 3 is 2.39 bits per heavy atom. The fourth-order valence-corrected chi connectivity index (χ4v) is 1.45. The number of hydrogen-bond donors (Lipinski definition) is 2. The van der Waals surface area contributed by atoms with Gasteiger partial charge in [-0.2, -0.15) is 0 Å². The van der Waals surface area contributed by atoms with Crippen molar-refractivity contribution >= 4 is 28.8 Å². The van der Waals surface area contributed by atoms with Crippen LogP contribution in [0.4, 0.5) is 5.69 Å². The number of anilines is 1. The minimum atomic E-state index is -0.850. The largest absolute Gasteiger partial charge is 0.393 e. The van der Waals surface area contributed by atoms with Crippen LogP contribution in [-0.4, -0.2) is 23.6 Å². The molecule has 0 aliphatic rings. The van der Waals surface area contributed by atoms with Crippen molar-refractivity contribution < 1.29 is 9.53 Å². The van der Waals surface area contributed by atoms with Crippen LogP contribution in [0.25, 0.3) is 0 Å². The normalized spacial score (nSPS) is 11.1. The number of benzene rings is 1. The number of nitrogens with one attached hydrogen (secondary N) is 1. The summed E-state index contributed by atoms with van der Waals surface area (Å²) in [5.74, 6) is -0.188. The van der Waals surface area contributed by atoms with Crippen LogP contribution in [0.5, 0.6) is 0 Å². The zero-order valence-electron chi connectivity index (χ0n) is 10.8. The summed E-state index contributed by atoms with van der Waals surface area (Å²) in [6.45, 7) is 3.42. The van der Waals surface area contributed by atoms with Crippen LogP contribution >= 0.6 is 12.2 Å². The van der Waals surface area contributed by atoms with Crippen LogP contribution in [0.2, 0.25) is 0 Å². The zero-order chi connectivity index (χ0) is 13.8. The molecule has 1 aromatic carbocycles. The van der Waals surface area contributed by atoms with Gasteiger partial charge in [-0.1, -0.05) is 24.4 Å². The summed E-state index contributed by atoms with van der Waals surface area (Å²) in [5.41, 5.74) is 6.35. The number of carbonyl (C=O) groups excluding carboxylic acids is 1. The first-order chi connectivity index (χ1) is 8.35. The number of methoxy groups -OCH3 is 1. The van der Waals surface area contributed by atoms with E-state index in [1.807, 2.05) is 24.3 Å². The van der Waals surface area contributed by atoms with Gasteiger partial charge in [-0.05, 0) is 31.5 Å². The summed E-state index contributed by atoms with van der Waals surface area (Å²) in [7, 11) is 1.50. The van der Waals surface area contributed by atoms with Crippen molar-refractivity contribution in [2.45, 2.75) is 25.9 Å². The fourth-order valence-electron chi connectivity index (χ4n) is 1.28. The highest BCUT2D eigenvalue weighted by Crippen LogP contribution is 2.14. The van der Waals surface area contributed by atoms with Gasteiger partial charge in [0.1, 0.15) is 5.60 Å². The molecule has 0 unspecified atom stereocenters. The van der Waals surface area contributed by atoms with Crippen molar-refractivity contribution in [3.8, 4) is 0 Å². The minimum Gasteiger partial charge on any atom is -0.393 e. The monoisotopic (exact) mass is 266 g/mol. The topological polar surface area (TPSA) is 64.3 Å². The van der Waals surface area contributed by atoms with E-state index in [4.69, 9.17) is 22.7 Å². The van der Waals surface area contributed by atoms with Gasteiger partial charge in [-0.15, -0.1) is 0 Å². The van der Waals surface area contributed by atoms with Crippen LogP contribution < -0.4 is 11.1 Å². The number of nitrogens with two attached hydrogens (primary N) is 1. The number of amides is 1. The molecule has 5 heteroatoms. The first-order valence-electron chi connectivity index (χ1n) is 5.59. The zero-order valence-corrected chi connectivity index (χ0v) is 11.6. The molecule has 4 nitrogen and oxygen atoms in total. The third-order valence-corrected chi connectivity index (χ3v) is 2.79. The van der Waals surface area contributed by atoms with E-state index in [9.17, 15) is 4.79 Å². The molecular weight excluding hydrogens is 248 g/mol. The van der Waals surface area contributed by atoms with Gasteiger partial charge in [0.2, 0.25) is 0 Å². The maximum atomic E-state index is 11.9. The quantitative estimate of drug-likeness (QED) is 0.799. The van der Waals surface area contributed by atoms with Crippen LogP contribution in [0.1, 0.15) is 19.4 Å². The van der Waals surface area contributed by atoms with E-state index in [1.165, 1.54) is 7.11 Å². The second-order valence-corrected chi connectivity index (χ2v) is 5.03. The Labute approximate surface area is 113 Å². The molecule has 0 aliphatic carbocycles. The summed E-state index contributed by atoms with van der Waals surface area (Å²) in [4.78, 5) is 12.3. The molecule has 0 saturated carbocycles. The first-order valence-corrected chi connectivity index (χ1v) is 6.00. The predicted molar refractivity (Wildman–Crippen MR) is 76.6 cm³/mol. The van der Waals surface area contributed by atoms with Crippen LogP contribution in [0.15, 0.2) is 24.3 Å². The molecule has 1 aromatic rings. The molecule has 0 bridgehead atoms. The molecule has 0 radical (unpaired) electrons. The number of hydrogen-bond acceptors (Lipinski definition) is 3. The number of thiocarbonyl (C=S) groups is 1. The van der Waals surface area contributed by atoms with Gasteiger partial charge in [-0.3, -0.25) is 4.79 Å². The van der Waals surface area contributed by atoms with Crippen molar-refractivity contribution in [2.75, 3.05) is 12.4 Å². The molecule has 0 saturated heterocycles. The lowest BCUT2D eigenvalue weighted by atomic mass is 10.1. The molecule has 0 aromatic heterocycles. The van der Waals surface area contributed by atoms with Crippen molar-refractivity contribution in [1.82, 2.24) is 0 Å². The van der Waals surface area contributed by atoms with Crippen molar-refractivity contribution in [3.05, 3.63) is 29.8 Å². The van der Waals surface area contributed by atoms with E-state index in [0.29, 0.717) is 11.4 Å². The van der Waals surface area contributed by atoms with Gasteiger partial charge in [0.15, 0.2) is 0 Å². The maximum absolute atomic E-state index is 11.9. The first kappa shape index (κ1) is 14.6. The van der Waals surface area contributed by atoms with Crippen LogP contribution in [0.3, 0.4) is 0 Å². The predicted octanol–water partition coefficient (Wildman–Crippen LogP) is 1.88. The van der Waals surface area contributed by atoms with E-state index < -0.39 is 5.60 Å². The van der Waals surface area contributed by atoms with Gasteiger partial charge in [0, 0.05) is 19.2 Å². The molecule has 0 fully saturated rings. The van der Waals surface area contributed by atoms with Gasteiger partial charge in [0.25, 0.3) is 5.91 Å². The van der Waals surface area contributed by atoms with Crippen molar-refractivity contribution in [2.24, 2.45) is 5.73 Å². The van der Waals surface area contributed by atoms with E-state index in [0.717, 1.165) is 11.3 Å². The van der Waals surface area contributed by atoms with Crippen LogP contribution in [0, 0.1) is 0 Å². The highest BCUT2D eigenvalue weighted by atomic mass is 32.1.